The Hall–Kier alpha value is -5.34. The van der Waals surface area contributed by atoms with Gasteiger partial charge < -0.3 is 4.90 Å². The first-order valence-electron chi connectivity index (χ1n) is 14.2. The first kappa shape index (κ1) is 25.6. The molecule has 7 aromatic carbocycles. The normalized spacial score (nSPS) is 11.0. The zero-order valence-electron chi connectivity index (χ0n) is 23.2. The lowest BCUT2D eigenvalue weighted by Gasteiger charge is -2.27. The van der Waals surface area contributed by atoms with Crippen LogP contribution in [0.3, 0.4) is 0 Å². The number of fused-ring (bicyclic) bond motifs is 1. The maximum absolute atomic E-state index is 6.10. The summed E-state index contributed by atoms with van der Waals surface area (Å²) < 4.78 is 0. The average molecular weight is 533 g/mol. The Kier molecular flexibility index (Phi) is 6.88. The summed E-state index contributed by atoms with van der Waals surface area (Å²) in [6.45, 7) is 0. The zero-order chi connectivity index (χ0) is 28.3. The van der Waals surface area contributed by atoms with Gasteiger partial charge in [-0.25, -0.2) is 0 Å². The highest BCUT2D eigenvalue weighted by Gasteiger charge is 2.17. The van der Waals surface area contributed by atoms with E-state index in [0.717, 1.165) is 22.5 Å². The Morgan fingerprint density at radius 1 is 0.357 bits per heavy atom. The van der Waals surface area contributed by atoms with Crippen molar-refractivity contribution in [1.82, 2.24) is 0 Å². The van der Waals surface area contributed by atoms with Crippen molar-refractivity contribution >= 4 is 41.1 Å². The Morgan fingerprint density at radius 3 is 1.62 bits per heavy atom. The lowest BCUT2D eigenvalue weighted by Crippen LogP contribution is -2.12. The lowest BCUT2D eigenvalue weighted by atomic mass is 9.90. The standard InChI is InChI=1S/C40H28BN/c41-33-20-24-35(25-21-33)42(34-22-18-30(19-23-34)29-10-3-1-4-11-29)36-26-27-39(40(28-36)32-12-5-2-6-13-32)38-17-9-15-31-14-7-8-16-37(31)38/h1-28H. The van der Waals surface area contributed by atoms with Crippen LogP contribution in [0.2, 0.25) is 0 Å². The number of anilines is 3. The van der Waals surface area contributed by atoms with Crippen LogP contribution in [0, 0.1) is 0 Å². The van der Waals surface area contributed by atoms with Gasteiger partial charge in [0.25, 0.3) is 0 Å². The minimum atomic E-state index is 0.745. The van der Waals surface area contributed by atoms with E-state index in [1.54, 1.807) is 0 Å². The highest BCUT2D eigenvalue weighted by atomic mass is 15.1. The largest absolute Gasteiger partial charge is 0.310 e. The molecule has 0 N–H and O–H groups in total. The number of benzene rings is 7. The molecule has 2 heteroatoms. The fourth-order valence-electron chi connectivity index (χ4n) is 5.73. The fraction of sp³-hybridized carbons (Fsp3) is 0. The summed E-state index contributed by atoms with van der Waals surface area (Å²) in [7, 11) is 6.10. The molecule has 0 aliphatic heterocycles. The second kappa shape index (κ2) is 11.3. The van der Waals surface area contributed by atoms with E-state index in [9.17, 15) is 0 Å². The molecular formula is C40H28BN. The Balaban J connectivity index is 1.41. The van der Waals surface area contributed by atoms with E-state index in [0.29, 0.717) is 0 Å². The third kappa shape index (κ3) is 5.00. The maximum atomic E-state index is 6.10. The van der Waals surface area contributed by atoms with Gasteiger partial charge in [0.05, 0.1) is 0 Å². The van der Waals surface area contributed by atoms with Gasteiger partial charge >= 0.3 is 0 Å². The molecule has 0 spiro atoms. The van der Waals surface area contributed by atoms with Gasteiger partial charge in [-0.15, -0.1) is 0 Å². The number of hydrogen-bond acceptors (Lipinski definition) is 1. The van der Waals surface area contributed by atoms with Gasteiger partial charge in [-0.2, -0.15) is 0 Å². The van der Waals surface area contributed by atoms with Gasteiger partial charge in [-0.3, -0.25) is 0 Å². The van der Waals surface area contributed by atoms with Crippen LogP contribution in [0.4, 0.5) is 17.1 Å². The number of nitrogens with zero attached hydrogens (tertiary/aromatic N) is 1. The minimum absolute atomic E-state index is 0.745. The van der Waals surface area contributed by atoms with Gasteiger partial charge in [0.15, 0.2) is 0 Å². The van der Waals surface area contributed by atoms with Gasteiger partial charge in [0.1, 0.15) is 7.85 Å². The summed E-state index contributed by atoms with van der Waals surface area (Å²) in [5.74, 6) is 0. The van der Waals surface area contributed by atoms with E-state index in [-0.39, 0.29) is 0 Å². The molecule has 0 saturated heterocycles. The molecule has 196 valence electrons. The van der Waals surface area contributed by atoms with Crippen LogP contribution >= 0.6 is 0 Å². The number of hydrogen-bond donors (Lipinski definition) is 0. The molecule has 7 aromatic rings. The van der Waals surface area contributed by atoms with E-state index in [2.05, 4.69) is 157 Å². The van der Waals surface area contributed by atoms with Crippen LogP contribution < -0.4 is 10.4 Å². The van der Waals surface area contributed by atoms with Crippen LogP contribution in [-0.4, -0.2) is 7.85 Å². The molecule has 0 bridgehead atoms. The highest BCUT2D eigenvalue weighted by molar-refractivity contribution is 6.32. The van der Waals surface area contributed by atoms with Gasteiger partial charge in [0.2, 0.25) is 0 Å². The third-order valence-corrected chi connectivity index (χ3v) is 7.81. The molecule has 0 atom stereocenters. The number of rotatable bonds is 6. The summed E-state index contributed by atoms with van der Waals surface area (Å²) in [4.78, 5) is 2.30. The second-order valence-corrected chi connectivity index (χ2v) is 10.5. The summed E-state index contributed by atoms with van der Waals surface area (Å²) in [6.07, 6.45) is 0. The smallest absolute Gasteiger partial charge is 0.113 e. The molecule has 2 radical (unpaired) electrons. The minimum Gasteiger partial charge on any atom is -0.310 e. The van der Waals surface area contributed by atoms with Gasteiger partial charge in [0, 0.05) is 17.1 Å². The SMILES string of the molecule is [B]c1ccc(N(c2ccc(-c3ccccc3)cc2)c2ccc(-c3cccc4ccccc34)c(-c3ccccc3)c2)cc1. The highest BCUT2D eigenvalue weighted by Crippen LogP contribution is 2.42. The van der Waals surface area contributed by atoms with Crippen molar-refractivity contribution < 1.29 is 0 Å². The summed E-state index contributed by atoms with van der Waals surface area (Å²) in [5, 5.41) is 2.48. The van der Waals surface area contributed by atoms with Crippen LogP contribution in [-0.2, 0) is 0 Å². The maximum Gasteiger partial charge on any atom is 0.113 e. The van der Waals surface area contributed by atoms with E-state index < -0.39 is 0 Å². The molecule has 0 fully saturated rings. The van der Waals surface area contributed by atoms with Crippen molar-refractivity contribution in [1.29, 1.82) is 0 Å². The molecule has 0 aliphatic carbocycles. The van der Waals surface area contributed by atoms with Crippen molar-refractivity contribution in [3.8, 4) is 33.4 Å². The summed E-state index contributed by atoms with van der Waals surface area (Å²) in [5.41, 5.74) is 11.1. The molecule has 7 rings (SSSR count). The Bertz CT molecular complexity index is 1960. The Morgan fingerprint density at radius 2 is 0.905 bits per heavy atom. The average Bonchev–Trinajstić information content (AvgIpc) is 3.07. The van der Waals surface area contributed by atoms with Crippen LogP contribution in [0.1, 0.15) is 0 Å². The van der Waals surface area contributed by atoms with E-state index >= 15 is 0 Å². The fourth-order valence-corrected chi connectivity index (χ4v) is 5.73. The van der Waals surface area contributed by atoms with E-state index in [4.69, 9.17) is 7.85 Å². The first-order chi connectivity index (χ1) is 20.7. The van der Waals surface area contributed by atoms with Crippen molar-refractivity contribution in [3.05, 3.63) is 170 Å². The van der Waals surface area contributed by atoms with Crippen molar-refractivity contribution in [3.63, 3.8) is 0 Å². The molecule has 42 heavy (non-hydrogen) atoms. The van der Waals surface area contributed by atoms with E-state index in [1.807, 2.05) is 18.2 Å². The van der Waals surface area contributed by atoms with Crippen LogP contribution in [0.15, 0.2) is 170 Å². The van der Waals surface area contributed by atoms with Crippen LogP contribution in [0.5, 0.6) is 0 Å². The molecule has 1 nitrogen and oxygen atoms in total. The summed E-state index contributed by atoms with van der Waals surface area (Å²) in [6, 6.07) is 60.0. The van der Waals surface area contributed by atoms with Crippen molar-refractivity contribution in [2.75, 3.05) is 4.90 Å². The van der Waals surface area contributed by atoms with Gasteiger partial charge in [-0.1, -0.05) is 139 Å². The first-order valence-corrected chi connectivity index (χ1v) is 14.2. The summed E-state index contributed by atoms with van der Waals surface area (Å²) >= 11 is 0. The zero-order valence-corrected chi connectivity index (χ0v) is 23.2. The predicted octanol–water partition coefficient (Wildman–Crippen LogP) is 10.1. The molecule has 0 aliphatic rings. The van der Waals surface area contributed by atoms with Crippen molar-refractivity contribution in [2.24, 2.45) is 0 Å². The lowest BCUT2D eigenvalue weighted by molar-refractivity contribution is 1.29. The van der Waals surface area contributed by atoms with Crippen LogP contribution in [0.25, 0.3) is 44.2 Å². The third-order valence-electron chi connectivity index (χ3n) is 7.81. The molecular weight excluding hydrogens is 505 g/mol. The molecule has 0 saturated carbocycles. The molecule has 0 amide bonds. The van der Waals surface area contributed by atoms with Crippen molar-refractivity contribution in [2.45, 2.75) is 0 Å². The quantitative estimate of drug-likeness (QED) is 0.192. The molecule has 0 unspecified atom stereocenters. The molecule has 0 aromatic heterocycles. The second-order valence-electron chi connectivity index (χ2n) is 10.5. The van der Waals surface area contributed by atoms with Gasteiger partial charge in [-0.05, 0) is 80.6 Å². The Labute approximate surface area is 248 Å². The predicted molar refractivity (Wildman–Crippen MR) is 180 cm³/mol. The topological polar surface area (TPSA) is 3.24 Å². The molecule has 0 heterocycles. The monoisotopic (exact) mass is 533 g/mol. The van der Waals surface area contributed by atoms with E-state index in [1.165, 1.54) is 44.2 Å².